The molecule has 2 fully saturated rings. The number of pyridine rings is 1. The summed E-state index contributed by atoms with van der Waals surface area (Å²) >= 11 is 3.22. The molecule has 2 unspecified atom stereocenters. The third-order valence-corrected chi connectivity index (χ3v) is 4.95. The van der Waals surface area contributed by atoms with Crippen molar-refractivity contribution in [1.82, 2.24) is 4.98 Å². The highest BCUT2D eigenvalue weighted by Crippen LogP contribution is 2.40. The Balaban J connectivity index is 1.80. The van der Waals surface area contributed by atoms with Crippen molar-refractivity contribution in [1.29, 1.82) is 0 Å². The van der Waals surface area contributed by atoms with Crippen molar-refractivity contribution in [3.63, 3.8) is 0 Å². The minimum absolute atomic E-state index is 0.250. The van der Waals surface area contributed by atoms with E-state index < -0.39 is 5.60 Å². The number of aliphatic hydroxyl groups is 1. The number of hydrogen-bond donors (Lipinski definition) is 1. The summed E-state index contributed by atoms with van der Waals surface area (Å²) in [4.78, 5) is 6.16. The first-order chi connectivity index (χ1) is 9.08. The molecule has 2 atom stereocenters. The average Bonchev–Trinajstić information content (AvgIpc) is 2.38. The third-order valence-electron chi connectivity index (χ3n) is 4.52. The molecule has 1 aromatic heterocycles. The van der Waals surface area contributed by atoms with E-state index in [-0.39, 0.29) is 11.7 Å². The summed E-state index contributed by atoms with van der Waals surface area (Å²) in [6.07, 6.45) is 6.54. The fourth-order valence-electron chi connectivity index (χ4n) is 3.40. The lowest BCUT2D eigenvalue weighted by Crippen LogP contribution is -2.53. The van der Waals surface area contributed by atoms with Gasteiger partial charge in [-0.25, -0.2) is 9.37 Å². The summed E-state index contributed by atoms with van der Waals surface area (Å²) in [5.41, 5.74) is -0.527. The van der Waals surface area contributed by atoms with Gasteiger partial charge in [-0.2, -0.15) is 0 Å². The number of anilines is 1. The van der Waals surface area contributed by atoms with Crippen LogP contribution >= 0.6 is 15.9 Å². The molecule has 0 aromatic carbocycles. The number of nitrogens with zero attached hydrogens (tertiary/aromatic N) is 2. The molecule has 1 saturated carbocycles. The topological polar surface area (TPSA) is 36.4 Å². The Hall–Kier alpha value is -0.680. The maximum atomic E-state index is 14.0. The van der Waals surface area contributed by atoms with Crippen LogP contribution in [0.2, 0.25) is 0 Å². The Kier molecular flexibility index (Phi) is 3.52. The van der Waals surface area contributed by atoms with E-state index in [9.17, 15) is 9.50 Å². The van der Waals surface area contributed by atoms with Gasteiger partial charge in [-0.05, 0) is 41.3 Å². The van der Waals surface area contributed by atoms with Crippen LogP contribution in [0.4, 0.5) is 10.2 Å². The average molecular weight is 329 g/mol. The fraction of sp³-hybridized carbons (Fsp3) is 0.643. The smallest absolute Gasteiger partial charge is 0.166 e. The van der Waals surface area contributed by atoms with Gasteiger partial charge >= 0.3 is 0 Å². The summed E-state index contributed by atoms with van der Waals surface area (Å²) in [6.45, 7) is 1.39. The Morgan fingerprint density at radius 2 is 2.26 bits per heavy atom. The third kappa shape index (κ3) is 2.50. The summed E-state index contributed by atoms with van der Waals surface area (Å²) in [5, 5.41) is 10.6. The number of piperidine rings is 1. The Bertz CT molecular complexity index is 485. The first-order valence-corrected chi connectivity index (χ1v) is 7.66. The zero-order valence-electron chi connectivity index (χ0n) is 10.8. The monoisotopic (exact) mass is 328 g/mol. The lowest BCUT2D eigenvalue weighted by molar-refractivity contribution is -0.0614. The van der Waals surface area contributed by atoms with Gasteiger partial charge in [-0.15, -0.1) is 0 Å². The van der Waals surface area contributed by atoms with E-state index in [2.05, 4.69) is 20.9 Å². The van der Waals surface area contributed by atoms with Gasteiger partial charge in [0.2, 0.25) is 0 Å². The first-order valence-electron chi connectivity index (χ1n) is 6.87. The largest absolute Gasteiger partial charge is 0.389 e. The fourth-order valence-corrected chi connectivity index (χ4v) is 3.71. The van der Waals surface area contributed by atoms with Gasteiger partial charge in [0.1, 0.15) is 0 Å². The summed E-state index contributed by atoms with van der Waals surface area (Å²) < 4.78 is 14.6. The molecular formula is C14H18BrFN2O. The van der Waals surface area contributed by atoms with Crippen molar-refractivity contribution in [2.45, 2.75) is 37.7 Å². The maximum absolute atomic E-state index is 14.0. The minimum atomic E-state index is -0.527. The number of fused-ring (bicyclic) bond motifs is 1. The standard InChI is InChI=1S/C14H18BrFN2O/c15-11-7-12(16)13(17-8-11)18-6-5-14(19)4-2-1-3-10(14)9-18/h7-8,10,19H,1-6,9H2. The molecule has 0 amide bonds. The summed E-state index contributed by atoms with van der Waals surface area (Å²) in [6, 6.07) is 1.45. The van der Waals surface area contributed by atoms with Gasteiger partial charge in [-0.1, -0.05) is 12.8 Å². The molecule has 19 heavy (non-hydrogen) atoms. The van der Waals surface area contributed by atoms with Gasteiger partial charge in [0.15, 0.2) is 11.6 Å². The number of aromatic nitrogens is 1. The normalized spacial score (nSPS) is 31.1. The molecule has 2 heterocycles. The van der Waals surface area contributed by atoms with Crippen molar-refractivity contribution in [2.24, 2.45) is 5.92 Å². The van der Waals surface area contributed by atoms with Crippen LogP contribution < -0.4 is 4.90 Å². The van der Waals surface area contributed by atoms with Crippen LogP contribution in [-0.2, 0) is 0 Å². The number of rotatable bonds is 1. The van der Waals surface area contributed by atoms with Crippen LogP contribution in [0.15, 0.2) is 16.7 Å². The van der Waals surface area contributed by atoms with Crippen molar-refractivity contribution < 1.29 is 9.50 Å². The van der Waals surface area contributed by atoms with Crippen LogP contribution in [-0.4, -0.2) is 28.8 Å². The molecule has 1 aromatic rings. The zero-order valence-corrected chi connectivity index (χ0v) is 12.4. The summed E-state index contributed by atoms with van der Waals surface area (Å²) in [5.74, 6) is 0.367. The molecule has 3 rings (SSSR count). The van der Waals surface area contributed by atoms with E-state index in [1.165, 1.54) is 6.07 Å². The lowest BCUT2D eigenvalue weighted by Gasteiger charge is -2.47. The predicted octanol–water partition coefficient (Wildman–Crippen LogP) is 3.11. The molecule has 104 valence electrons. The van der Waals surface area contributed by atoms with Gasteiger partial charge < -0.3 is 10.0 Å². The molecule has 1 saturated heterocycles. The SMILES string of the molecule is OC12CCCCC1CN(c1ncc(Br)cc1F)CC2. The van der Waals surface area contributed by atoms with Crippen molar-refractivity contribution in [2.75, 3.05) is 18.0 Å². The van der Waals surface area contributed by atoms with Gasteiger partial charge in [-0.3, -0.25) is 0 Å². The van der Waals surface area contributed by atoms with E-state index in [0.29, 0.717) is 23.4 Å². The van der Waals surface area contributed by atoms with Crippen LogP contribution in [0, 0.1) is 11.7 Å². The number of halogens is 2. The first kappa shape index (κ1) is 13.3. The minimum Gasteiger partial charge on any atom is -0.389 e. The van der Waals surface area contributed by atoms with Crippen LogP contribution in [0.1, 0.15) is 32.1 Å². The molecule has 1 N–H and O–H groups in total. The second kappa shape index (κ2) is 5.02. The van der Waals surface area contributed by atoms with Crippen molar-refractivity contribution in [3.8, 4) is 0 Å². The molecule has 0 spiro atoms. The van der Waals surface area contributed by atoms with Gasteiger partial charge in [0.05, 0.1) is 5.60 Å². The molecule has 1 aliphatic carbocycles. The van der Waals surface area contributed by atoms with Crippen LogP contribution in [0.3, 0.4) is 0 Å². The van der Waals surface area contributed by atoms with Gasteiger partial charge in [0, 0.05) is 29.7 Å². The quantitative estimate of drug-likeness (QED) is 0.860. The maximum Gasteiger partial charge on any atom is 0.166 e. The van der Waals surface area contributed by atoms with Crippen LogP contribution in [0.5, 0.6) is 0 Å². The lowest BCUT2D eigenvalue weighted by atomic mass is 9.71. The highest BCUT2D eigenvalue weighted by Gasteiger charge is 2.43. The predicted molar refractivity (Wildman–Crippen MR) is 75.6 cm³/mol. The van der Waals surface area contributed by atoms with Gasteiger partial charge in [0.25, 0.3) is 0 Å². The van der Waals surface area contributed by atoms with Crippen molar-refractivity contribution in [3.05, 3.63) is 22.6 Å². The number of hydrogen-bond acceptors (Lipinski definition) is 3. The summed E-state index contributed by atoms with van der Waals surface area (Å²) in [7, 11) is 0. The van der Waals surface area contributed by atoms with E-state index in [0.717, 1.165) is 32.1 Å². The molecule has 0 bridgehead atoms. The van der Waals surface area contributed by atoms with Crippen molar-refractivity contribution >= 4 is 21.7 Å². The Morgan fingerprint density at radius 1 is 1.42 bits per heavy atom. The van der Waals surface area contributed by atoms with Crippen LogP contribution in [0.25, 0.3) is 0 Å². The molecule has 5 heteroatoms. The molecule has 2 aliphatic rings. The van der Waals surface area contributed by atoms with E-state index >= 15 is 0 Å². The van der Waals surface area contributed by atoms with E-state index in [1.807, 2.05) is 4.90 Å². The Labute approximate surface area is 121 Å². The molecule has 0 radical (unpaired) electrons. The second-order valence-corrected chi connectivity index (χ2v) is 6.62. The second-order valence-electron chi connectivity index (χ2n) is 5.70. The molecule has 1 aliphatic heterocycles. The Morgan fingerprint density at radius 3 is 3.05 bits per heavy atom. The molecule has 3 nitrogen and oxygen atoms in total. The van der Waals surface area contributed by atoms with E-state index in [1.54, 1.807) is 6.20 Å². The van der Waals surface area contributed by atoms with E-state index in [4.69, 9.17) is 0 Å². The highest BCUT2D eigenvalue weighted by molar-refractivity contribution is 9.10. The highest BCUT2D eigenvalue weighted by atomic mass is 79.9. The molecular weight excluding hydrogens is 311 g/mol. The zero-order chi connectivity index (χ0) is 13.5.